The summed E-state index contributed by atoms with van der Waals surface area (Å²) in [5.41, 5.74) is 0. The van der Waals surface area contributed by atoms with Gasteiger partial charge in [-0.25, -0.2) is 20.1 Å². The van der Waals surface area contributed by atoms with Crippen molar-refractivity contribution in [3.63, 3.8) is 0 Å². The highest BCUT2D eigenvalue weighted by atomic mass is 32.3. The normalized spacial score (nSPS) is 15.4. The van der Waals surface area contributed by atoms with Gasteiger partial charge in [0, 0.05) is 11.5 Å². The molecule has 0 aromatic carbocycles. The first-order valence-corrected chi connectivity index (χ1v) is 12.5. The maximum Gasteiger partial charge on any atom is 0.319 e. The molecule has 0 bridgehead atoms. The maximum absolute atomic E-state index is 11.4. The molecule has 0 rings (SSSR count). The molecule has 0 saturated carbocycles. The van der Waals surface area contributed by atoms with Gasteiger partial charge >= 0.3 is 8.25 Å². The Bertz CT molecular complexity index is 199. The zero-order chi connectivity index (χ0) is 12.8. The van der Waals surface area contributed by atoms with Crippen molar-refractivity contribution in [1.29, 1.82) is 0 Å². The van der Waals surface area contributed by atoms with Crippen LogP contribution in [0, 0.1) is 0 Å². The summed E-state index contributed by atoms with van der Waals surface area (Å²) in [7, 11) is -3.38. The van der Waals surface area contributed by atoms with E-state index in [9.17, 15) is 4.57 Å². The molecule has 0 atom stereocenters. The topological polar surface area (TPSA) is 35.5 Å². The molecule has 6 heteroatoms. The van der Waals surface area contributed by atoms with E-state index >= 15 is 0 Å². The van der Waals surface area contributed by atoms with Gasteiger partial charge in [-0.3, -0.25) is 4.57 Å². The van der Waals surface area contributed by atoms with Crippen LogP contribution < -0.4 is 0 Å². The van der Waals surface area contributed by atoms with Crippen molar-refractivity contribution in [2.75, 3.05) is 62.3 Å². The summed E-state index contributed by atoms with van der Waals surface area (Å²) in [6.45, 7) is 1.11. The molecule has 0 radical (unpaired) electrons. The third-order valence-corrected chi connectivity index (χ3v) is 5.49. The molecule has 0 fully saturated rings. The lowest BCUT2D eigenvalue weighted by atomic mass is 10.9. The molecular formula is C10H27O3PS2. The molecule has 0 aliphatic rings. The van der Waals surface area contributed by atoms with Crippen LogP contribution in [-0.2, 0) is 13.6 Å². The van der Waals surface area contributed by atoms with Crippen LogP contribution in [0.4, 0.5) is 0 Å². The molecule has 0 N–H and O–H groups in total. The molecule has 0 spiro atoms. The highest BCUT2D eigenvalue weighted by Crippen LogP contribution is 2.37. The molecule has 102 valence electrons. The Hall–Kier alpha value is 0.850. The van der Waals surface area contributed by atoms with Crippen LogP contribution in [0.25, 0.3) is 0 Å². The lowest BCUT2D eigenvalue weighted by molar-refractivity contribution is 0.246. The van der Waals surface area contributed by atoms with Crippen LogP contribution in [0.1, 0.15) is 0 Å². The molecule has 0 saturated heterocycles. The van der Waals surface area contributed by atoms with E-state index in [4.69, 9.17) is 9.05 Å². The Balaban J connectivity index is 3.53. The molecule has 0 aliphatic carbocycles. The predicted octanol–water partition coefficient (Wildman–Crippen LogP) is 2.80. The summed E-state index contributed by atoms with van der Waals surface area (Å²) >= 11 is 0. The molecule has 3 nitrogen and oxygen atoms in total. The Kier molecular flexibility index (Phi) is 7.71. The SMILES string of the molecule is CS(C)(C)CCO[PH](=O)OCCS(C)(C)C. The highest BCUT2D eigenvalue weighted by Gasteiger charge is 2.08. The second kappa shape index (κ2) is 7.32. The summed E-state index contributed by atoms with van der Waals surface area (Å²) in [6.07, 6.45) is 13.3. The lowest BCUT2D eigenvalue weighted by Crippen LogP contribution is -2.06. The van der Waals surface area contributed by atoms with Gasteiger partial charge in [-0.1, -0.05) is 0 Å². The Morgan fingerprint density at radius 1 is 0.812 bits per heavy atom. The first kappa shape index (κ1) is 16.9. The van der Waals surface area contributed by atoms with E-state index in [2.05, 4.69) is 37.5 Å². The summed E-state index contributed by atoms with van der Waals surface area (Å²) in [5, 5.41) is 0. The van der Waals surface area contributed by atoms with Gasteiger partial charge in [-0.15, -0.1) is 0 Å². The monoisotopic (exact) mass is 290 g/mol. The summed E-state index contributed by atoms with van der Waals surface area (Å²) in [5.74, 6) is 1.97. The summed E-state index contributed by atoms with van der Waals surface area (Å²) in [6, 6.07) is 0. The minimum absolute atomic E-state index is 0.555. The molecule has 0 aromatic rings. The quantitative estimate of drug-likeness (QED) is 0.645. The molecule has 16 heavy (non-hydrogen) atoms. The van der Waals surface area contributed by atoms with Crippen molar-refractivity contribution in [2.24, 2.45) is 0 Å². The van der Waals surface area contributed by atoms with Crippen LogP contribution >= 0.6 is 28.3 Å². The average Bonchev–Trinajstić information content (AvgIpc) is 1.98. The van der Waals surface area contributed by atoms with Crippen LogP contribution in [0.5, 0.6) is 0 Å². The summed E-state index contributed by atoms with van der Waals surface area (Å²) in [4.78, 5) is 0. The van der Waals surface area contributed by atoms with Gasteiger partial charge in [-0.05, 0) is 37.5 Å². The molecule has 0 amide bonds. The van der Waals surface area contributed by atoms with Gasteiger partial charge in [-0.2, -0.15) is 0 Å². The second-order valence-electron chi connectivity index (χ2n) is 5.54. The van der Waals surface area contributed by atoms with Gasteiger partial charge in [0.05, 0.1) is 13.2 Å². The smallest absolute Gasteiger partial charge is 0.310 e. The first-order valence-electron chi connectivity index (χ1n) is 5.22. The van der Waals surface area contributed by atoms with E-state index in [0.717, 1.165) is 11.5 Å². The van der Waals surface area contributed by atoms with Crippen molar-refractivity contribution in [2.45, 2.75) is 0 Å². The standard InChI is InChI=1S/C10H27O3PS2/c1-15(2,3)9-7-12-14(11)13-8-10-16(4,5)6/h14H,7-10H2,1-6H3. The van der Waals surface area contributed by atoms with Crippen LogP contribution in [0.3, 0.4) is 0 Å². The predicted molar refractivity (Wildman–Crippen MR) is 81.4 cm³/mol. The molecule has 0 aromatic heterocycles. The third kappa shape index (κ3) is 12.9. The van der Waals surface area contributed by atoms with Gasteiger partial charge in [0.15, 0.2) is 0 Å². The average molecular weight is 290 g/mol. The van der Waals surface area contributed by atoms with Crippen molar-refractivity contribution in [1.82, 2.24) is 0 Å². The van der Waals surface area contributed by atoms with E-state index in [1.165, 1.54) is 0 Å². The van der Waals surface area contributed by atoms with Crippen LogP contribution in [-0.4, -0.2) is 62.3 Å². The molecule has 0 heterocycles. The van der Waals surface area contributed by atoms with Crippen molar-refractivity contribution >= 4 is 28.3 Å². The fraction of sp³-hybridized carbons (Fsp3) is 1.00. The van der Waals surface area contributed by atoms with E-state index < -0.39 is 28.3 Å². The molecule has 0 unspecified atom stereocenters. The minimum atomic E-state index is -2.26. The molecule has 0 aliphatic heterocycles. The largest absolute Gasteiger partial charge is 0.319 e. The Labute approximate surface area is 104 Å². The van der Waals surface area contributed by atoms with Gasteiger partial charge in [0.25, 0.3) is 0 Å². The minimum Gasteiger partial charge on any atom is -0.310 e. The van der Waals surface area contributed by atoms with Crippen molar-refractivity contribution in [3.05, 3.63) is 0 Å². The third-order valence-electron chi connectivity index (χ3n) is 1.83. The zero-order valence-corrected chi connectivity index (χ0v) is 14.0. The van der Waals surface area contributed by atoms with E-state index in [-0.39, 0.29) is 0 Å². The van der Waals surface area contributed by atoms with E-state index in [1.807, 2.05) is 0 Å². The van der Waals surface area contributed by atoms with Gasteiger partial charge < -0.3 is 9.05 Å². The van der Waals surface area contributed by atoms with Gasteiger partial charge in [0.1, 0.15) is 0 Å². The van der Waals surface area contributed by atoms with E-state index in [0.29, 0.717) is 13.2 Å². The number of rotatable bonds is 8. The summed E-state index contributed by atoms with van der Waals surface area (Å²) < 4.78 is 21.7. The highest BCUT2D eigenvalue weighted by molar-refractivity contribution is 8.32. The second-order valence-corrected chi connectivity index (χ2v) is 15.8. The van der Waals surface area contributed by atoms with Crippen LogP contribution in [0.15, 0.2) is 0 Å². The fourth-order valence-electron chi connectivity index (χ4n) is 0.792. The van der Waals surface area contributed by atoms with Crippen LogP contribution in [0.2, 0.25) is 0 Å². The Morgan fingerprint density at radius 2 is 1.12 bits per heavy atom. The maximum atomic E-state index is 11.4. The number of hydrogen-bond donors (Lipinski definition) is 0. The fourth-order valence-corrected chi connectivity index (χ4v) is 2.88. The van der Waals surface area contributed by atoms with Gasteiger partial charge in [0.2, 0.25) is 0 Å². The van der Waals surface area contributed by atoms with Crippen molar-refractivity contribution in [3.8, 4) is 0 Å². The number of hydrogen-bond acceptors (Lipinski definition) is 3. The molecular weight excluding hydrogens is 263 g/mol. The van der Waals surface area contributed by atoms with Crippen molar-refractivity contribution < 1.29 is 13.6 Å². The lowest BCUT2D eigenvalue weighted by Gasteiger charge is -2.25. The zero-order valence-electron chi connectivity index (χ0n) is 11.4. The first-order chi connectivity index (χ1) is 7.10. The Morgan fingerprint density at radius 3 is 1.38 bits per heavy atom. The van der Waals surface area contributed by atoms with E-state index in [1.54, 1.807) is 0 Å².